The van der Waals surface area contributed by atoms with E-state index in [0.717, 1.165) is 42.3 Å². The number of nitrogens with zero attached hydrogens (tertiary/aromatic N) is 2. The van der Waals surface area contributed by atoms with Crippen molar-refractivity contribution in [3.05, 3.63) is 53.2 Å². The molecular weight excluding hydrogens is 399 g/mol. The molecule has 0 spiro atoms. The number of aryl methyl sites for hydroxylation is 1. The van der Waals surface area contributed by atoms with E-state index < -0.39 is 11.7 Å². The van der Waals surface area contributed by atoms with Crippen LogP contribution >= 0.6 is 11.3 Å². The van der Waals surface area contributed by atoms with Gasteiger partial charge in [0.25, 0.3) is 0 Å². The number of benzene rings is 1. The molecule has 0 saturated carbocycles. The number of alkyl halides is 3. The van der Waals surface area contributed by atoms with Gasteiger partial charge in [-0.15, -0.1) is 11.3 Å². The van der Waals surface area contributed by atoms with Gasteiger partial charge in [-0.1, -0.05) is 19.8 Å². The fourth-order valence-corrected chi connectivity index (χ4v) is 3.55. The highest BCUT2D eigenvalue weighted by molar-refractivity contribution is 7.14. The fourth-order valence-electron chi connectivity index (χ4n) is 2.82. The number of aromatic nitrogens is 2. The summed E-state index contributed by atoms with van der Waals surface area (Å²) in [5.41, 5.74) is 1.98. The Bertz CT molecular complexity index is 956. The van der Waals surface area contributed by atoms with E-state index in [9.17, 15) is 13.2 Å². The van der Waals surface area contributed by atoms with Crippen molar-refractivity contribution in [2.75, 3.05) is 11.9 Å². The topological polar surface area (TPSA) is 47.0 Å². The van der Waals surface area contributed by atoms with E-state index in [4.69, 9.17) is 4.74 Å². The summed E-state index contributed by atoms with van der Waals surface area (Å²) in [7, 11) is 0. The van der Waals surface area contributed by atoms with Crippen molar-refractivity contribution in [3.8, 4) is 17.0 Å². The van der Waals surface area contributed by atoms with E-state index in [1.807, 2.05) is 31.4 Å². The first-order valence-electron chi connectivity index (χ1n) is 9.37. The summed E-state index contributed by atoms with van der Waals surface area (Å²) in [6.45, 7) is 4.18. The minimum Gasteiger partial charge on any atom is -0.493 e. The molecule has 29 heavy (non-hydrogen) atoms. The zero-order valence-corrected chi connectivity index (χ0v) is 17.0. The van der Waals surface area contributed by atoms with E-state index in [1.165, 1.54) is 17.4 Å². The van der Waals surface area contributed by atoms with Gasteiger partial charge in [-0.3, -0.25) is 4.98 Å². The standard InChI is InChI=1S/C21H22F3N3OS/c1-3-4-5-11-28-19-9-8-15(12-17(19)21(22,23)24)26-20-27-18(13-29-20)16-7-6-10-25-14(16)2/h6-10,12-13H,3-5,11H2,1-2H3,(H,26,27). The van der Waals surface area contributed by atoms with Crippen molar-refractivity contribution in [3.63, 3.8) is 0 Å². The van der Waals surface area contributed by atoms with Gasteiger partial charge in [-0.25, -0.2) is 4.98 Å². The Hall–Kier alpha value is -2.61. The number of hydrogen-bond acceptors (Lipinski definition) is 5. The summed E-state index contributed by atoms with van der Waals surface area (Å²) >= 11 is 1.32. The Labute approximate surface area is 171 Å². The van der Waals surface area contributed by atoms with Gasteiger partial charge >= 0.3 is 6.18 Å². The van der Waals surface area contributed by atoms with Gasteiger partial charge in [-0.2, -0.15) is 13.2 Å². The third-order valence-electron chi connectivity index (χ3n) is 4.33. The monoisotopic (exact) mass is 421 g/mol. The summed E-state index contributed by atoms with van der Waals surface area (Å²) in [5.74, 6) is -0.148. The van der Waals surface area contributed by atoms with Crippen LogP contribution in [0.1, 0.15) is 37.4 Å². The van der Waals surface area contributed by atoms with Gasteiger partial charge in [0.2, 0.25) is 0 Å². The second-order valence-electron chi connectivity index (χ2n) is 6.56. The predicted molar refractivity (Wildman–Crippen MR) is 110 cm³/mol. The molecule has 0 aliphatic heterocycles. The molecule has 0 atom stereocenters. The molecular formula is C21H22F3N3OS. The molecule has 3 aromatic rings. The molecule has 0 bridgehead atoms. The molecule has 0 fully saturated rings. The number of ether oxygens (including phenoxy) is 1. The van der Waals surface area contributed by atoms with Crippen LogP contribution in [0.4, 0.5) is 24.0 Å². The fraction of sp³-hybridized carbons (Fsp3) is 0.333. The summed E-state index contributed by atoms with van der Waals surface area (Å²) in [6.07, 6.45) is -0.173. The number of hydrogen-bond donors (Lipinski definition) is 1. The van der Waals surface area contributed by atoms with Crippen LogP contribution < -0.4 is 10.1 Å². The maximum atomic E-state index is 13.5. The number of rotatable bonds is 8. The minimum absolute atomic E-state index is 0.148. The summed E-state index contributed by atoms with van der Waals surface area (Å²) < 4.78 is 45.8. The van der Waals surface area contributed by atoms with Gasteiger partial charge in [0, 0.05) is 28.5 Å². The van der Waals surface area contributed by atoms with Crippen LogP contribution in [0.15, 0.2) is 41.9 Å². The van der Waals surface area contributed by atoms with E-state index in [2.05, 4.69) is 15.3 Å². The second kappa shape index (κ2) is 9.26. The van der Waals surface area contributed by atoms with E-state index in [-0.39, 0.29) is 12.4 Å². The third kappa shape index (κ3) is 5.47. The Balaban J connectivity index is 1.78. The molecule has 154 valence electrons. The average Bonchev–Trinajstić information content (AvgIpc) is 3.14. The molecule has 0 radical (unpaired) electrons. The Morgan fingerprint density at radius 2 is 2.00 bits per heavy atom. The van der Waals surface area contributed by atoms with Crippen LogP contribution in [0, 0.1) is 6.92 Å². The lowest BCUT2D eigenvalue weighted by atomic mass is 10.1. The molecule has 1 N–H and O–H groups in total. The molecule has 0 aliphatic rings. The highest BCUT2D eigenvalue weighted by Crippen LogP contribution is 2.39. The third-order valence-corrected chi connectivity index (χ3v) is 5.09. The molecule has 8 heteroatoms. The lowest BCUT2D eigenvalue weighted by Crippen LogP contribution is -2.10. The van der Waals surface area contributed by atoms with Crippen LogP contribution in [0.25, 0.3) is 11.3 Å². The van der Waals surface area contributed by atoms with Crippen LogP contribution in [0.2, 0.25) is 0 Å². The smallest absolute Gasteiger partial charge is 0.420 e. The molecule has 0 saturated heterocycles. The van der Waals surface area contributed by atoms with E-state index in [0.29, 0.717) is 10.8 Å². The molecule has 1 aromatic carbocycles. The average molecular weight is 421 g/mol. The molecule has 2 heterocycles. The number of anilines is 2. The van der Waals surface area contributed by atoms with Gasteiger partial charge in [0.15, 0.2) is 5.13 Å². The van der Waals surface area contributed by atoms with Gasteiger partial charge in [-0.05, 0) is 43.7 Å². The molecule has 4 nitrogen and oxygen atoms in total. The quantitative estimate of drug-likeness (QED) is 0.404. The van der Waals surface area contributed by atoms with Crippen molar-refractivity contribution in [1.29, 1.82) is 0 Å². The van der Waals surface area contributed by atoms with Gasteiger partial charge in [0.1, 0.15) is 5.75 Å². The van der Waals surface area contributed by atoms with E-state index in [1.54, 1.807) is 12.3 Å². The second-order valence-corrected chi connectivity index (χ2v) is 7.42. The normalized spacial score (nSPS) is 11.5. The van der Waals surface area contributed by atoms with Crippen LogP contribution in [0.3, 0.4) is 0 Å². The summed E-state index contributed by atoms with van der Waals surface area (Å²) in [5, 5.41) is 5.32. The highest BCUT2D eigenvalue weighted by Gasteiger charge is 2.34. The molecule has 0 aliphatic carbocycles. The van der Waals surface area contributed by atoms with Gasteiger partial charge < -0.3 is 10.1 Å². The Kier molecular flexibility index (Phi) is 6.74. The summed E-state index contributed by atoms with van der Waals surface area (Å²) in [6, 6.07) is 7.72. The molecule has 2 aromatic heterocycles. The number of unbranched alkanes of at least 4 members (excludes halogenated alkanes) is 2. The van der Waals surface area contributed by atoms with Gasteiger partial charge in [0.05, 0.1) is 17.9 Å². The zero-order valence-electron chi connectivity index (χ0n) is 16.2. The number of nitrogens with one attached hydrogen (secondary N) is 1. The molecule has 0 unspecified atom stereocenters. The zero-order chi connectivity index (χ0) is 20.9. The SMILES string of the molecule is CCCCCOc1ccc(Nc2nc(-c3cccnc3C)cs2)cc1C(F)(F)F. The van der Waals surface area contributed by atoms with E-state index >= 15 is 0 Å². The highest BCUT2D eigenvalue weighted by atomic mass is 32.1. The predicted octanol–water partition coefficient (Wildman–Crippen LogP) is 6.84. The first-order chi connectivity index (χ1) is 13.9. The maximum Gasteiger partial charge on any atom is 0.420 e. The Morgan fingerprint density at radius 3 is 2.72 bits per heavy atom. The minimum atomic E-state index is -4.50. The number of thiazole rings is 1. The lowest BCUT2D eigenvalue weighted by Gasteiger charge is -2.15. The maximum absolute atomic E-state index is 13.5. The largest absolute Gasteiger partial charge is 0.493 e. The first kappa shape index (κ1) is 21.1. The van der Waals surface area contributed by atoms with Crippen LogP contribution in [-0.2, 0) is 6.18 Å². The van der Waals surface area contributed by atoms with Crippen molar-refractivity contribution < 1.29 is 17.9 Å². The van der Waals surface area contributed by atoms with Crippen LogP contribution in [-0.4, -0.2) is 16.6 Å². The van der Waals surface area contributed by atoms with Crippen molar-refractivity contribution in [2.24, 2.45) is 0 Å². The van der Waals surface area contributed by atoms with Crippen LogP contribution in [0.5, 0.6) is 5.75 Å². The van der Waals surface area contributed by atoms with Crippen molar-refractivity contribution in [1.82, 2.24) is 9.97 Å². The number of pyridine rings is 1. The lowest BCUT2D eigenvalue weighted by molar-refractivity contribution is -0.138. The molecule has 0 amide bonds. The molecule has 3 rings (SSSR count). The summed E-state index contributed by atoms with van der Waals surface area (Å²) in [4.78, 5) is 8.71. The van der Waals surface area contributed by atoms with Crippen molar-refractivity contribution >= 4 is 22.2 Å². The number of halogens is 3. The first-order valence-corrected chi connectivity index (χ1v) is 10.2. The van der Waals surface area contributed by atoms with Crippen molar-refractivity contribution in [2.45, 2.75) is 39.3 Å². The Morgan fingerprint density at radius 1 is 1.17 bits per heavy atom.